The first kappa shape index (κ1) is 23.3. The Morgan fingerprint density at radius 3 is 2.57 bits per heavy atom. The number of fused-ring (bicyclic) bond motifs is 2. The first-order chi connectivity index (χ1) is 16.5. The number of halogens is 3. The third kappa shape index (κ3) is 4.62. The van der Waals surface area contributed by atoms with Gasteiger partial charge in [0.05, 0.1) is 11.3 Å². The lowest BCUT2D eigenvalue weighted by Crippen LogP contribution is -2.36. The number of anilines is 2. The molecule has 4 aromatic rings. The average Bonchev–Trinajstić information content (AvgIpc) is 3.34. The molecule has 1 aliphatic rings. The molecule has 0 amide bonds. The Balaban J connectivity index is 1.51. The molecule has 3 N–H and O–H groups in total. The van der Waals surface area contributed by atoms with Crippen LogP contribution in [0.1, 0.15) is 38.4 Å². The van der Waals surface area contributed by atoms with Crippen LogP contribution in [-0.4, -0.2) is 59.1 Å². The van der Waals surface area contributed by atoms with Gasteiger partial charge >= 0.3 is 6.18 Å². The molecule has 5 rings (SSSR count). The number of aromatic nitrogens is 6. The average molecular weight is 489 g/mol. The topological polar surface area (TPSA) is 105 Å². The van der Waals surface area contributed by atoms with E-state index in [1.165, 1.54) is 6.92 Å². The summed E-state index contributed by atoms with van der Waals surface area (Å²) in [7, 11) is 1.75. The van der Waals surface area contributed by atoms with Gasteiger partial charge in [0.1, 0.15) is 23.4 Å². The minimum atomic E-state index is -4.39. The smallest absolute Gasteiger partial charge is 0.390 e. The zero-order valence-corrected chi connectivity index (χ0v) is 19.7. The molecule has 35 heavy (non-hydrogen) atoms. The lowest BCUT2D eigenvalue weighted by atomic mass is 9.84. The minimum absolute atomic E-state index is 0.161. The second-order valence-corrected chi connectivity index (χ2v) is 9.37. The summed E-state index contributed by atoms with van der Waals surface area (Å²) >= 11 is 0. The van der Waals surface area contributed by atoms with Crippen LogP contribution < -0.4 is 10.6 Å². The van der Waals surface area contributed by atoms with Crippen LogP contribution in [-0.2, 0) is 6.54 Å². The number of hydrogen-bond acceptors (Lipinski definition) is 7. The van der Waals surface area contributed by atoms with E-state index < -0.39 is 18.3 Å². The van der Waals surface area contributed by atoms with Gasteiger partial charge in [-0.05, 0) is 57.7 Å². The van der Waals surface area contributed by atoms with Crippen LogP contribution in [0.4, 0.5) is 24.9 Å². The van der Waals surface area contributed by atoms with E-state index >= 15 is 0 Å². The molecule has 0 saturated heterocycles. The number of imidazole rings is 1. The Hall–Kier alpha value is -3.41. The van der Waals surface area contributed by atoms with E-state index in [0.29, 0.717) is 46.9 Å². The summed E-state index contributed by atoms with van der Waals surface area (Å²) < 4.78 is 42.1. The normalized spacial score (nSPS) is 21.1. The van der Waals surface area contributed by atoms with Gasteiger partial charge in [0, 0.05) is 24.8 Å². The lowest BCUT2D eigenvalue weighted by molar-refractivity contribution is -0.140. The molecular weight excluding hydrogens is 461 g/mol. The maximum absolute atomic E-state index is 13.1. The number of aryl methyl sites for hydroxylation is 1. The van der Waals surface area contributed by atoms with Gasteiger partial charge in [-0.1, -0.05) is 0 Å². The number of hydrogen-bond donors (Lipinski definition) is 3. The molecule has 0 aromatic carbocycles. The van der Waals surface area contributed by atoms with Crippen molar-refractivity contribution in [2.45, 2.75) is 63.9 Å². The molecule has 0 aliphatic heterocycles. The molecule has 0 bridgehead atoms. The van der Waals surface area contributed by atoms with Gasteiger partial charge in [-0.2, -0.15) is 18.2 Å². The molecule has 1 aliphatic carbocycles. The van der Waals surface area contributed by atoms with Gasteiger partial charge in [0.25, 0.3) is 0 Å². The van der Waals surface area contributed by atoms with Crippen LogP contribution in [0.2, 0.25) is 0 Å². The summed E-state index contributed by atoms with van der Waals surface area (Å²) in [6, 6.07) is 5.39. The number of aliphatic hydroxyl groups is 1. The van der Waals surface area contributed by atoms with Crippen LogP contribution in [0.15, 0.2) is 24.4 Å². The van der Waals surface area contributed by atoms with Crippen molar-refractivity contribution in [2.24, 2.45) is 0 Å². The molecule has 1 saturated carbocycles. The highest BCUT2D eigenvalue weighted by Gasteiger charge is 2.31. The quantitative estimate of drug-likeness (QED) is 0.387. The maximum atomic E-state index is 13.1. The van der Waals surface area contributed by atoms with E-state index in [1.54, 1.807) is 29.9 Å². The monoisotopic (exact) mass is 488 g/mol. The van der Waals surface area contributed by atoms with Gasteiger partial charge in [-0.25, -0.2) is 14.5 Å². The Kier molecular flexibility index (Phi) is 5.58. The summed E-state index contributed by atoms with van der Waals surface area (Å²) in [5.74, 6) is 1.27. The van der Waals surface area contributed by atoms with Crippen molar-refractivity contribution >= 4 is 28.4 Å². The van der Waals surface area contributed by atoms with E-state index in [0.717, 1.165) is 17.4 Å². The van der Waals surface area contributed by atoms with Crippen molar-refractivity contribution in [1.29, 1.82) is 0 Å². The molecule has 4 aromatic heterocycles. The second-order valence-electron chi connectivity index (χ2n) is 9.37. The van der Waals surface area contributed by atoms with Crippen LogP contribution in [0, 0.1) is 6.92 Å². The number of nitrogens with one attached hydrogen (secondary N) is 2. The molecule has 4 heterocycles. The Morgan fingerprint density at radius 2 is 1.89 bits per heavy atom. The van der Waals surface area contributed by atoms with E-state index in [1.807, 2.05) is 13.0 Å². The summed E-state index contributed by atoms with van der Waals surface area (Å²) in [4.78, 5) is 13.4. The fraction of sp³-hybridized carbons (Fsp3) is 0.478. The minimum Gasteiger partial charge on any atom is -0.390 e. The van der Waals surface area contributed by atoms with Crippen molar-refractivity contribution in [3.8, 4) is 11.3 Å². The fourth-order valence-electron chi connectivity index (χ4n) is 4.67. The summed E-state index contributed by atoms with van der Waals surface area (Å²) in [6.45, 7) is 2.24. The first-order valence-electron chi connectivity index (χ1n) is 11.5. The molecule has 0 atom stereocenters. The molecule has 12 heteroatoms. The van der Waals surface area contributed by atoms with E-state index in [9.17, 15) is 18.3 Å². The van der Waals surface area contributed by atoms with Crippen LogP contribution in [0.5, 0.6) is 0 Å². The molecule has 186 valence electrons. The highest BCUT2D eigenvalue weighted by molar-refractivity contribution is 5.89. The third-order valence-corrected chi connectivity index (χ3v) is 6.54. The highest BCUT2D eigenvalue weighted by atomic mass is 19.4. The summed E-state index contributed by atoms with van der Waals surface area (Å²) in [5.41, 5.74) is 1.80. The van der Waals surface area contributed by atoms with Crippen LogP contribution >= 0.6 is 0 Å². The van der Waals surface area contributed by atoms with Crippen molar-refractivity contribution < 1.29 is 18.3 Å². The van der Waals surface area contributed by atoms with E-state index in [2.05, 4.69) is 30.7 Å². The SMILES string of the molecule is CNc1nc(NC2CCC(C)(O)CC2)nn2ccc(-c3ccc4nc(C)n(CC(F)(F)F)c4n3)c12. The highest BCUT2D eigenvalue weighted by Crippen LogP contribution is 2.32. The van der Waals surface area contributed by atoms with Crippen molar-refractivity contribution in [2.75, 3.05) is 17.7 Å². The molecule has 0 unspecified atom stereocenters. The summed E-state index contributed by atoms with van der Waals surface area (Å²) in [5, 5.41) is 21.2. The van der Waals surface area contributed by atoms with Gasteiger partial charge in [-0.15, -0.1) is 5.10 Å². The zero-order valence-electron chi connectivity index (χ0n) is 19.7. The molecule has 0 spiro atoms. The Bertz CT molecular complexity index is 1380. The number of rotatable bonds is 5. The zero-order chi connectivity index (χ0) is 25.0. The molecular formula is C23H27F3N8O. The van der Waals surface area contributed by atoms with Gasteiger partial charge in [0.2, 0.25) is 5.95 Å². The molecule has 0 radical (unpaired) electrons. The standard InChI is InChI=1S/C23H27F3N8O/c1-13-28-17-5-4-16(30-20(17)33(13)12-23(24,25)26)15-8-11-34-18(15)19(27-3)31-21(32-34)29-14-6-9-22(2,35)10-7-14/h4-5,8,11,14,35H,6-7,9-10,12H2,1-3H3,(H2,27,29,31,32). The van der Waals surface area contributed by atoms with Crippen molar-refractivity contribution in [3.63, 3.8) is 0 Å². The fourth-order valence-corrected chi connectivity index (χ4v) is 4.67. The van der Waals surface area contributed by atoms with Gasteiger partial charge < -0.3 is 20.3 Å². The Labute approximate surface area is 199 Å². The predicted octanol–water partition coefficient (Wildman–Crippen LogP) is 4.16. The maximum Gasteiger partial charge on any atom is 0.406 e. The third-order valence-electron chi connectivity index (χ3n) is 6.54. The van der Waals surface area contributed by atoms with Gasteiger partial charge in [0.15, 0.2) is 11.5 Å². The van der Waals surface area contributed by atoms with Crippen LogP contribution in [0.3, 0.4) is 0 Å². The van der Waals surface area contributed by atoms with Crippen LogP contribution in [0.25, 0.3) is 27.9 Å². The van der Waals surface area contributed by atoms with E-state index in [4.69, 9.17) is 0 Å². The van der Waals surface area contributed by atoms with E-state index in [-0.39, 0.29) is 17.5 Å². The van der Waals surface area contributed by atoms with Gasteiger partial charge in [-0.3, -0.25) is 0 Å². The second kappa shape index (κ2) is 8.36. The number of nitrogens with zero attached hydrogens (tertiary/aromatic N) is 6. The number of pyridine rings is 1. The lowest BCUT2D eigenvalue weighted by Gasteiger charge is -2.33. The predicted molar refractivity (Wildman–Crippen MR) is 126 cm³/mol. The molecule has 1 fully saturated rings. The molecule has 9 nitrogen and oxygen atoms in total. The van der Waals surface area contributed by atoms with Crippen molar-refractivity contribution in [1.82, 2.24) is 29.1 Å². The summed E-state index contributed by atoms with van der Waals surface area (Å²) in [6.07, 6.45) is 0.429. The first-order valence-corrected chi connectivity index (χ1v) is 11.5. The largest absolute Gasteiger partial charge is 0.406 e. The number of alkyl halides is 3. The Morgan fingerprint density at radius 1 is 1.14 bits per heavy atom. The van der Waals surface area contributed by atoms with Crippen molar-refractivity contribution in [3.05, 3.63) is 30.2 Å².